The van der Waals surface area contributed by atoms with Crippen LogP contribution in [0.5, 0.6) is 0 Å². The van der Waals surface area contributed by atoms with Gasteiger partial charge >= 0.3 is 0 Å². The van der Waals surface area contributed by atoms with E-state index in [2.05, 4.69) is 9.71 Å². The van der Waals surface area contributed by atoms with Gasteiger partial charge in [-0.3, -0.25) is 4.79 Å². The van der Waals surface area contributed by atoms with Crippen LogP contribution in [0.1, 0.15) is 24.0 Å². The van der Waals surface area contributed by atoms with Crippen molar-refractivity contribution < 1.29 is 13.2 Å². The summed E-state index contributed by atoms with van der Waals surface area (Å²) in [5.41, 5.74) is 0.755. The van der Waals surface area contributed by atoms with E-state index >= 15 is 0 Å². The van der Waals surface area contributed by atoms with Crippen molar-refractivity contribution in [2.45, 2.75) is 30.2 Å². The smallest absolute Gasteiger partial charge is 0.273 e. The standard InChI is InChI=1S/C16H15ClN2O3S/c1-11-5-6-14(18-10-11)23(21,22)19-15(20)16(7-8-16)12-3-2-4-13(17)9-12/h2-6,9-10H,7-8H2,1H3,(H,19,20). The van der Waals surface area contributed by atoms with Crippen molar-refractivity contribution in [1.82, 2.24) is 9.71 Å². The fourth-order valence-corrected chi connectivity index (χ4v) is 3.62. The lowest BCUT2D eigenvalue weighted by Crippen LogP contribution is -2.39. The molecule has 2 aromatic rings. The fraction of sp³-hybridized carbons (Fsp3) is 0.250. The van der Waals surface area contributed by atoms with Gasteiger partial charge in [-0.2, -0.15) is 8.42 Å². The summed E-state index contributed by atoms with van der Waals surface area (Å²) in [7, 11) is -3.98. The van der Waals surface area contributed by atoms with Crippen LogP contribution in [0.3, 0.4) is 0 Å². The van der Waals surface area contributed by atoms with Crippen molar-refractivity contribution >= 4 is 27.5 Å². The molecule has 23 heavy (non-hydrogen) atoms. The van der Waals surface area contributed by atoms with Crippen LogP contribution in [0.2, 0.25) is 5.02 Å². The molecular weight excluding hydrogens is 336 g/mol. The van der Waals surface area contributed by atoms with E-state index in [4.69, 9.17) is 11.6 Å². The van der Waals surface area contributed by atoms with Crippen LogP contribution in [0.15, 0.2) is 47.6 Å². The second-order valence-electron chi connectivity index (χ2n) is 5.70. The number of aryl methyl sites for hydroxylation is 1. The molecule has 1 aromatic carbocycles. The van der Waals surface area contributed by atoms with Crippen LogP contribution >= 0.6 is 11.6 Å². The maximum atomic E-state index is 12.5. The van der Waals surface area contributed by atoms with Crippen LogP contribution < -0.4 is 4.72 Å². The third-order valence-corrected chi connectivity index (χ3v) is 5.43. The molecule has 1 amide bonds. The van der Waals surface area contributed by atoms with Gasteiger partial charge in [0, 0.05) is 11.2 Å². The maximum Gasteiger partial charge on any atom is 0.281 e. The molecule has 120 valence electrons. The van der Waals surface area contributed by atoms with Gasteiger partial charge in [-0.25, -0.2) is 9.71 Å². The van der Waals surface area contributed by atoms with E-state index in [9.17, 15) is 13.2 Å². The fourth-order valence-electron chi connectivity index (χ4n) is 2.44. The number of hydrogen-bond acceptors (Lipinski definition) is 4. The summed E-state index contributed by atoms with van der Waals surface area (Å²) in [5.74, 6) is -0.540. The number of carbonyl (C=O) groups excluding carboxylic acids is 1. The molecule has 0 spiro atoms. The van der Waals surface area contributed by atoms with E-state index in [0.29, 0.717) is 17.9 Å². The highest BCUT2D eigenvalue weighted by Gasteiger charge is 2.52. The molecule has 1 saturated carbocycles. The Hall–Kier alpha value is -1.92. The van der Waals surface area contributed by atoms with Crippen LogP contribution in [0.4, 0.5) is 0 Å². The van der Waals surface area contributed by atoms with Crippen molar-refractivity contribution in [2.75, 3.05) is 0 Å². The zero-order valence-corrected chi connectivity index (χ0v) is 14.0. The number of amides is 1. The molecule has 1 aromatic heterocycles. The van der Waals surface area contributed by atoms with Gasteiger partial charge in [0.05, 0.1) is 5.41 Å². The SMILES string of the molecule is Cc1ccc(S(=O)(=O)NC(=O)C2(c3cccc(Cl)c3)CC2)nc1. The Morgan fingerprint density at radius 3 is 2.57 bits per heavy atom. The molecule has 1 N–H and O–H groups in total. The van der Waals surface area contributed by atoms with E-state index in [-0.39, 0.29) is 5.03 Å². The summed E-state index contributed by atoms with van der Waals surface area (Å²) >= 11 is 5.97. The molecular formula is C16H15ClN2O3S. The van der Waals surface area contributed by atoms with Crippen molar-refractivity contribution in [2.24, 2.45) is 0 Å². The zero-order chi connectivity index (χ0) is 16.7. The highest BCUT2D eigenvalue weighted by atomic mass is 35.5. The molecule has 3 rings (SSSR count). The number of sulfonamides is 1. The highest BCUT2D eigenvalue weighted by Crippen LogP contribution is 2.49. The van der Waals surface area contributed by atoms with Gasteiger partial charge in [0.25, 0.3) is 10.0 Å². The predicted molar refractivity (Wildman–Crippen MR) is 86.7 cm³/mol. The maximum absolute atomic E-state index is 12.5. The van der Waals surface area contributed by atoms with Gasteiger partial charge < -0.3 is 0 Å². The molecule has 0 unspecified atom stereocenters. The Labute approximate surface area is 139 Å². The molecule has 0 bridgehead atoms. The number of carbonyl (C=O) groups is 1. The van der Waals surface area contributed by atoms with E-state index < -0.39 is 21.3 Å². The molecule has 0 aliphatic heterocycles. The summed E-state index contributed by atoms with van der Waals surface area (Å²) in [6.07, 6.45) is 2.63. The van der Waals surface area contributed by atoms with Crippen molar-refractivity contribution in [3.63, 3.8) is 0 Å². The molecule has 1 aliphatic carbocycles. The first-order valence-corrected chi connectivity index (χ1v) is 8.96. The Kier molecular flexibility index (Phi) is 3.90. The minimum Gasteiger partial charge on any atom is -0.273 e. The molecule has 1 fully saturated rings. The topological polar surface area (TPSA) is 76.1 Å². The first kappa shape index (κ1) is 16.0. The molecule has 5 nitrogen and oxygen atoms in total. The van der Waals surface area contributed by atoms with E-state index in [1.807, 2.05) is 0 Å². The highest BCUT2D eigenvalue weighted by molar-refractivity contribution is 7.90. The first-order chi connectivity index (χ1) is 10.8. The minimum absolute atomic E-state index is 0.168. The number of aromatic nitrogens is 1. The minimum atomic E-state index is -3.98. The normalized spacial score (nSPS) is 15.9. The quantitative estimate of drug-likeness (QED) is 0.919. The van der Waals surface area contributed by atoms with Gasteiger partial charge in [-0.1, -0.05) is 29.8 Å². The summed E-state index contributed by atoms with van der Waals surface area (Å²) in [6, 6.07) is 9.97. The average molecular weight is 351 g/mol. The van der Waals surface area contributed by atoms with Crippen molar-refractivity contribution in [3.05, 3.63) is 58.7 Å². The molecule has 7 heteroatoms. The van der Waals surface area contributed by atoms with Crippen molar-refractivity contribution in [1.29, 1.82) is 0 Å². The third kappa shape index (κ3) is 3.09. The Morgan fingerprint density at radius 2 is 2.00 bits per heavy atom. The van der Waals surface area contributed by atoms with Crippen LogP contribution in [-0.4, -0.2) is 19.3 Å². The summed E-state index contributed by atoms with van der Waals surface area (Å²) < 4.78 is 26.8. The summed E-state index contributed by atoms with van der Waals surface area (Å²) in [6.45, 7) is 1.81. The molecule has 1 aliphatic rings. The van der Waals surface area contributed by atoms with Crippen LogP contribution in [0.25, 0.3) is 0 Å². The molecule has 0 atom stereocenters. The van der Waals surface area contributed by atoms with Gasteiger partial charge in [-0.05, 0) is 49.1 Å². The number of halogens is 1. The zero-order valence-electron chi connectivity index (χ0n) is 12.4. The number of rotatable bonds is 4. The van der Waals surface area contributed by atoms with Gasteiger partial charge in [0.15, 0.2) is 5.03 Å². The summed E-state index contributed by atoms with van der Waals surface area (Å²) in [4.78, 5) is 16.4. The average Bonchev–Trinajstić information content (AvgIpc) is 3.29. The predicted octanol–water partition coefficient (Wildman–Crippen LogP) is 2.58. The Balaban J connectivity index is 1.85. The molecule has 0 radical (unpaired) electrons. The van der Waals surface area contributed by atoms with Gasteiger partial charge in [0.1, 0.15) is 0 Å². The van der Waals surface area contributed by atoms with E-state index in [0.717, 1.165) is 11.1 Å². The lowest BCUT2D eigenvalue weighted by atomic mass is 9.95. The first-order valence-electron chi connectivity index (χ1n) is 7.09. The number of hydrogen-bond donors (Lipinski definition) is 1. The monoisotopic (exact) mass is 350 g/mol. The van der Waals surface area contributed by atoms with Gasteiger partial charge in [-0.15, -0.1) is 0 Å². The second kappa shape index (κ2) is 5.62. The molecule has 0 saturated heterocycles. The second-order valence-corrected chi connectivity index (χ2v) is 7.77. The Morgan fingerprint density at radius 1 is 1.26 bits per heavy atom. The van der Waals surface area contributed by atoms with Crippen LogP contribution in [-0.2, 0) is 20.2 Å². The van der Waals surface area contributed by atoms with Gasteiger partial charge in [0.2, 0.25) is 5.91 Å². The third-order valence-electron chi connectivity index (χ3n) is 3.95. The van der Waals surface area contributed by atoms with E-state index in [1.165, 1.54) is 12.3 Å². The summed E-state index contributed by atoms with van der Waals surface area (Å²) in [5, 5.41) is 0.350. The Bertz CT molecular complexity index is 859. The lowest BCUT2D eigenvalue weighted by molar-refractivity contribution is -0.121. The van der Waals surface area contributed by atoms with E-state index in [1.54, 1.807) is 37.3 Å². The van der Waals surface area contributed by atoms with Crippen LogP contribution in [0, 0.1) is 6.92 Å². The number of benzene rings is 1. The van der Waals surface area contributed by atoms with Crippen molar-refractivity contribution in [3.8, 4) is 0 Å². The number of nitrogens with zero attached hydrogens (tertiary/aromatic N) is 1. The lowest BCUT2D eigenvalue weighted by Gasteiger charge is -2.16. The number of pyridine rings is 1. The molecule has 1 heterocycles. The largest absolute Gasteiger partial charge is 0.281 e. The number of nitrogens with one attached hydrogen (secondary N) is 1.